The molecule has 0 saturated carbocycles. The molecule has 0 aliphatic heterocycles. The van der Waals surface area contributed by atoms with Gasteiger partial charge in [0.25, 0.3) is 5.56 Å². The Morgan fingerprint density at radius 3 is 2.70 bits per heavy atom. The van der Waals surface area contributed by atoms with E-state index in [4.69, 9.17) is 4.74 Å². The summed E-state index contributed by atoms with van der Waals surface area (Å²) in [5.74, 6) is 1.53. The molecule has 190 valence electrons. The van der Waals surface area contributed by atoms with Crippen molar-refractivity contribution in [3.05, 3.63) is 104 Å². The van der Waals surface area contributed by atoms with Crippen LogP contribution in [0.2, 0.25) is 0 Å². The highest BCUT2D eigenvalue weighted by molar-refractivity contribution is 7.09. The molecule has 37 heavy (non-hydrogen) atoms. The van der Waals surface area contributed by atoms with Crippen molar-refractivity contribution in [3.63, 3.8) is 0 Å². The molecule has 0 aliphatic carbocycles. The monoisotopic (exact) mass is 514 g/mol. The number of aryl methyl sites for hydroxylation is 2. The molecule has 1 N–H and O–H groups in total. The number of aromatic amines is 1. The number of aromatic nitrogens is 5. The van der Waals surface area contributed by atoms with Gasteiger partial charge in [-0.3, -0.25) is 9.69 Å². The Morgan fingerprint density at radius 1 is 1.08 bits per heavy atom. The van der Waals surface area contributed by atoms with Crippen LogP contribution in [0, 0.1) is 0 Å². The van der Waals surface area contributed by atoms with Crippen molar-refractivity contribution in [1.82, 2.24) is 30.1 Å². The van der Waals surface area contributed by atoms with Crippen LogP contribution in [0.3, 0.4) is 0 Å². The fraction of sp³-hybridized carbons (Fsp3) is 0.286. The molecule has 0 aliphatic rings. The number of tetrazole rings is 1. The van der Waals surface area contributed by atoms with E-state index in [1.807, 2.05) is 47.1 Å². The van der Waals surface area contributed by atoms with Crippen molar-refractivity contribution in [1.29, 1.82) is 0 Å². The summed E-state index contributed by atoms with van der Waals surface area (Å²) >= 11 is 1.71. The van der Waals surface area contributed by atoms with Crippen LogP contribution in [0.4, 0.5) is 0 Å². The number of fused-ring (bicyclic) bond motifs is 1. The number of nitrogens with zero attached hydrogens (tertiary/aromatic N) is 5. The summed E-state index contributed by atoms with van der Waals surface area (Å²) in [7, 11) is 1.62. The maximum absolute atomic E-state index is 13.1. The number of hydrogen-bond donors (Lipinski definition) is 1. The Kier molecular flexibility index (Phi) is 7.72. The number of rotatable bonds is 11. The van der Waals surface area contributed by atoms with Crippen LogP contribution in [0.1, 0.15) is 41.2 Å². The summed E-state index contributed by atoms with van der Waals surface area (Å²) in [4.78, 5) is 19.7. The Hall–Kier alpha value is -3.82. The molecule has 0 spiro atoms. The van der Waals surface area contributed by atoms with Crippen LogP contribution in [-0.4, -0.2) is 37.2 Å². The molecule has 0 unspecified atom stereocenters. The number of benzene rings is 2. The van der Waals surface area contributed by atoms with Crippen LogP contribution in [0.15, 0.2) is 76.9 Å². The van der Waals surface area contributed by atoms with Crippen LogP contribution in [0.5, 0.6) is 5.75 Å². The lowest BCUT2D eigenvalue weighted by Gasteiger charge is -2.30. The van der Waals surface area contributed by atoms with E-state index >= 15 is 0 Å². The lowest BCUT2D eigenvalue weighted by molar-refractivity contribution is 0.162. The third-order valence-corrected chi connectivity index (χ3v) is 7.44. The summed E-state index contributed by atoms with van der Waals surface area (Å²) in [5.41, 5.74) is 2.60. The number of ether oxygens (including phenoxy) is 1. The maximum Gasteiger partial charge on any atom is 0.252 e. The van der Waals surface area contributed by atoms with Crippen molar-refractivity contribution >= 4 is 22.2 Å². The largest absolute Gasteiger partial charge is 0.497 e. The van der Waals surface area contributed by atoms with Crippen molar-refractivity contribution in [2.45, 2.75) is 45.4 Å². The second-order valence-electron chi connectivity index (χ2n) is 8.98. The summed E-state index contributed by atoms with van der Waals surface area (Å²) in [5, 5.41) is 15.8. The van der Waals surface area contributed by atoms with Gasteiger partial charge in [-0.05, 0) is 63.9 Å². The van der Waals surface area contributed by atoms with Gasteiger partial charge in [0.05, 0.1) is 18.7 Å². The quantitative estimate of drug-likeness (QED) is 0.267. The number of nitrogens with one attached hydrogen (secondary N) is 1. The first-order valence-corrected chi connectivity index (χ1v) is 13.3. The Balaban J connectivity index is 1.45. The second-order valence-corrected chi connectivity index (χ2v) is 10.0. The van der Waals surface area contributed by atoms with Crippen LogP contribution < -0.4 is 10.3 Å². The van der Waals surface area contributed by atoms with E-state index in [9.17, 15) is 4.79 Å². The van der Waals surface area contributed by atoms with Gasteiger partial charge < -0.3 is 9.72 Å². The Labute approximate surface area is 219 Å². The molecule has 0 saturated heterocycles. The zero-order valence-corrected chi connectivity index (χ0v) is 21.8. The molecule has 9 heteroatoms. The zero-order chi connectivity index (χ0) is 25.6. The summed E-state index contributed by atoms with van der Waals surface area (Å²) in [6, 6.07) is 22.2. The van der Waals surface area contributed by atoms with E-state index in [2.05, 4.69) is 62.0 Å². The first-order valence-electron chi connectivity index (χ1n) is 12.4. The maximum atomic E-state index is 13.1. The normalized spacial score (nSPS) is 12.3. The topological polar surface area (TPSA) is 88.9 Å². The average Bonchev–Trinajstić information content (AvgIpc) is 3.61. The molecule has 5 rings (SSSR count). The van der Waals surface area contributed by atoms with Gasteiger partial charge in [-0.25, -0.2) is 4.68 Å². The third-order valence-electron chi connectivity index (χ3n) is 6.58. The predicted molar refractivity (Wildman–Crippen MR) is 146 cm³/mol. The first kappa shape index (κ1) is 24.9. The molecule has 2 aromatic carbocycles. The van der Waals surface area contributed by atoms with E-state index in [0.29, 0.717) is 30.9 Å². The lowest BCUT2D eigenvalue weighted by atomic mass is 10.1. The molecule has 0 bridgehead atoms. The minimum atomic E-state index is -0.101. The molecular formula is C28H30N6O2S. The highest BCUT2D eigenvalue weighted by Crippen LogP contribution is 2.28. The average molecular weight is 515 g/mol. The van der Waals surface area contributed by atoms with Crippen LogP contribution >= 0.6 is 11.3 Å². The highest BCUT2D eigenvalue weighted by Gasteiger charge is 2.26. The molecule has 0 amide bonds. The van der Waals surface area contributed by atoms with Gasteiger partial charge in [0.15, 0.2) is 5.82 Å². The molecular weight excluding hydrogens is 484 g/mol. The molecule has 5 aromatic rings. The number of hydrogen-bond acceptors (Lipinski definition) is 7. The Morgan fingerprint density at radius 2 is 1.95 bits per heavy atom. The fourth-order valence-corrected chi connectivity index (χ4v) is 5.39. The van der Waals surface area contributed by atoms with E-state index < -0.39 is 0 Å². The van der Waals surface area contributed by atoms with Crippen molar-refractivity contribution < 1.29 is 4.74 Å². The summed E-state index contributed by atoms with van der Waals surface area (Å²) in [6.45, 7) is 3.99. The zero-order valence-electron chi connectivity index (χ0n) is 21.0. The van der Waals surface area contributed by atoms with E-state index in [0.717, 1.165) is 29.6 Å². The van der Waals surface area contributed by atoms with Gasteiger partial charge in [-0.1, -0.05) is 43.3 Å². The Bertz CT molecular complexity index is 1500. The standard InChI is InChI=1S/C28H30N6O2S/c1-3-26(27-30-31-32-34(27)14-13-20-8-5-4-6-9-20)33(19-24-10-7-15-37-24)18-22-16-21-11-12-23(36-2)17-25(21)29-28(22)35/h4-12,15-17,26H,3,13-14,18-19H2,1-2H3,(H,29,35)/t26-/m1/s1. The van der Waals surface area contributed by atoms with Gasteiger partial charge in [0, 0.05) is 36.1 Å². The number of pyridine rings is 1. The molecule has 3 aromatic heterocycles. The van der Waals surface area contributed by atoms with Crippen LogP contribution in [0.25, 0.3) is 10.9 Å². The van der Waals surface area contributed by atoms with Gasteiger partial charge in [-0.15, -0.1) is 16.4 Å². The minimum absolute atomic E-state index is 0.0566. The van der Waals surface area contributed by atoms with E-state index in [-0.39, 0.29) is 11.6 Å². The molecule has 0 radical (unpaired) electrons. The highest BCUT2D eigenvalue weighted by atomic mass is 32.1. The first-order chi connectivity index (χ1) is 18.1. The van der Waals surface area contributed by atoms with E-state index in [1.54, 1.807) is 18.4 Å². The summed E-state index contributed by atoms with van der Waals surface area (Å²) in [6.07, 6.45) is 1.65. The van der Waals surface area contributed by atoms with Crippen molar-refractivity contribution in [2.75, 3.05) is 7.11 Å². The van der Waals surface area contributed by atoms with Gasteiger partial charge in [-0.2, -0.15) is 0 Å². The number of H-pyrrole nitrogens is 1. The molecule has 3 heterocycles. The van der Waals surface area contributed by atoms with E-state index in [1.165, 1.54) is 10.4 Å². The summed E-state index contributed by atoms with van der Waals surface area (Å²) < 4.78 is 7.21. The molecule has 0 fully saturated rings. The SMILES string of the molecule is CC[C@H](c1nnnn1CCc1ccccc1)N(Cc1cccs1)Cc1cc2ccc(OC)cc2[nH]c1=O. The molecule has 1 atom stereocenters. The molecule has 8 nitrogen and oxygen atoms in total. The second kappa shape index (κ2) is 11.5. The third kappa shape index (κ3) is 5.79. The van der Waals surface area contributed by atoms with Crippen molar-refractivity contribution in [2.24, 2.45) is 0 Å². The number of thiophene rings is 1. The van der Waals surface area contributed by atoms with Gasteiger partial charge in [0.1, 0.15) is 5.75 Å². The minimum Gasteiger partial charge on any atom is -0.497 e. The smallest absolute Gasteiger partial charge is 0.252 e. The fourth-order valence-electron chi connectivity index (χ4n) is 4.66. The van der Waals surface area contributed by atoms with Crippen LogP contribution in [-0.2, 0) is 26.1 Å². The predicted octanol–water partition coefficient (Wildman–Crippen LogP) is 4.98. The lowest BCUT2D eigenvalue weighted by Crippen LogP contribution is -2.32. The van der Waals surface area contributed by atoms with Gasteiger partial charge >= 0.3 is 0 Å². The van der Waals surface area contributed by atoms with Crippen molar-refractivity contribution in [3.8, 4) is 5.75 Å². The number of methoxy groups -OCH3 is 1. The van der Waals surface area contributed by atoms with Gasteiger partial charge in [0.2, 0.25) is 0 Å².